The molecule has 0 saturated carbocycles. The van der Waals surface area contributed by atoms with Crippen molar-refractivity contribution in [2.75, 3.05) is 0 Å². The van der Waals surface area contributed by atoms with Crippen LogP contribution in [0.3, 0.4) is 0 Å². The summed E-state index contributed by atoms with van der Waals surface area (Å²) in [7, 11) is 1.22. The SMILES string of the molecule is CC1=CC(C)C(C)=C1[SiH3]. The topological polar surface area (TPSA) is 0 Å². The summed E-state index contributed by atoms with van der Waals surface area (Å²) in [6.45, 7) is 6.74. The summed E-state index contributed by atoms with van der Waals surface area (Å²) in [5.41, 5.74) is 3.12. The van der Waals surface area contributed by atoms with E-state index in [9.17, 15) is 0 Å². The molecule has 0 fully saturated rings. The molecule has 50 valence electrons. The van der Waals surface area contributed by atoms with Gasteiger partial charge in [0, 0.05) is 10.2 Å². The van der Waals surface area contributed by atoms with Crippen molar-refractivity contribution in [3.05, 3.63) is 22.4 Å². The van der Waals surface area contributed by atoms with Crippen LogP contribution in [0.15, 0.2) is 22.4 Å². The molecule has 1 rings (SSSR count). The first-order valence-electron chi connectivity index (χ1n) is 3.49. The maximum atomic E-state index is 2.36. The van der Waals surface area contributed by atoms with Gasteiger partial charge in [-0.05, 0) is 19.8 Å². The Kier molecular flexibility index (Phi) is 1.62. The smallest absolute Gasteiger partial charge is 0.0387 e. The molecular formula is C8H14Si. The highest BCUT2D eigenvalue weighted by Gasteiger charge is 2.12. The fourth-order valence-electron chi connectivity index (χ4n) is 1.28. The van der Waals surface area contributed by atoms with Gasteiger partial charge in [0.25, 0.3) is 0 Å². The van der Waals surface area contributed by atoms with Gasteiger partial charge in [-0.3, -0.25) is 0 Å². The Morgan fingerprint density at radius 1 is 1.44 bits per heavy atom. The quantitative estimate of drug-likeness (QED) is 0.442. The van der Waals surface area contributed by atoms with Crippen LogP contribution in [0, 0.1) is 5.92 Å². The minimum Gasteiger partial charge on any atom is -0.0748 e. The number of rotatable bonds is 0. The second kappa shape index (κ2) is 2.14. The second-order valence-electron chi connectivity index (χ2n) is 2.95. The van der Waals surface area contributed by atoms with Crippen molar-refractivity contribution in [1.82, 2.24) is 0 Å². The van der Waals surface area contributed by atoms with E-state index < -0.39 is 0 Å². The molecule has 1 heteroatoms. The van der Waals surface area contributed by atoms with Crippen molar-refractivity contribution in [3.8, 4) is 0 Å². The van der Waals surface area contributed by atoms with Crippen LogP contribution in [0.1, 0.15) is 20.8 Å². The molecule has 1 aliphatic rings. The number of hydrogen-bond acceptors (Lipinski definition) is 0. The maximum absolute atomic E-state index is 2.36. The van der Waals surface area contributed by atoms with Gasteiger partial charge < -0.3 is 0 Å². The van der Waals surface area contributed by atoms with Crippen LogP contribution in [0.4, 0.5) is 0 Å². The summed E-state index contributed by atoms with van der Waals surface area (Å²) >= 11 is 0. The van der Waals surface area contributed by atoms with Crippen molar-refractivity contribution in [3.63, 3.8) is 0 Å². The molecule has 0 spiro atoms. The highest BCUT2D eigenvalue weighted by atomic mass is 28.1. The van der Waals surface area contributed by atoms with Crippen LogP contribution in [-0.4, -0.2) is 10.2 Å². The number of hydrogen-bond donors (Lipinski definition) is 0. The zero-order valence-electron chi connectivity index (χ0n) is 6.65. The molecule has 0 aromatic carbocycles. The minimum atomic E-state index is 0.720. The molecule has 0 aromatic heterocycles. The fourth-order valence-corrected chi connectivity index (χ4v) is 1.90. The first kappa shape index (κ1) is 6.81. The van der Waals surface area contributed by atoms with Crippen LogP contribution >= 0.6 is 0 Å². The van der Waals surface area contributed by atoms with E-state index in [-0.39, 0.29) is 0 Å². The Morgan fingerprint density at radius 2 is 2.00 bits per heavy atom. The van der Waals surface area contributed by atoms with Crippen LogP contribution in [0.5, 0.6) is 0 Å². The lowest BCUT2D eigenvalue weighted by molar-refractivity contribution is 0.879. The van der Waals surface area contributed by atoms with Gasteiger partial charge in [0.05, 0.1) is 0 Å². The molecule has 0 heterocycles. The number of allylic oxidation sites excluding steroid dienone is 4. The molecule has 0 nitrogen and oxygen atoms in total. The van der Waals surface area contributed by atoms with Gasteiger partial charge in [0.2, 0.25) is 0 Å². The zero-order valence-corrected chi connectivity index (χ0v) is 8.65. The molecule has 1 unspecified atom stereocenters. The van der Waals surface area contributed by atoms with E-state index in [0.717, 1.165) is 5.92 Å². The third-order valence-corrected chi connectivity index (χ3v) is 3.94. The minimum absolute atomic E-state index is 0.720. The van der Waals surface area contributed by atoms with Gasteiger partial charge >= 0.3 is 0 Å². The van der Waals surface area contributed by atoms with Gasteiger partial charge in [-0.1, -0.05) is 29.3 Å². The summed E-state index contributed by atoms with van der Waals surface area (Å²) in [5.74, 6) is 0.720. The van der Waals surface area contributed by atoms with Crippen LogP contribution < -0.4 is 0 Å². The highest BCUT2D eigenvalue weighted by molar-refractivity contribution is 6.25. The summed E-state index contributed by atoms with van der Waals surface area (Å²) < 4.78 is 0. The average molecular weight is 138 g/mol. The Hall–Kier alpha value is -0.303. The largest absolute Gasteiger partial charge is 0.0748 e. The molecule has 9 heavy (non-hydrogen) atoms. The predicted molar refractivity (Wildman–Crippen MR) is 45.6 cm³/mol. The van der Waals surface area contributed by atoms with Gasteiger partial charge in [0.1, 0.15) is 0 Å². The molecule has 1 aliphatic carbocycles. The maximum Gasteiger partial charge on any atom is 0.0387 e. The molecule has 0 amide bonds. The Balaban J connectivity index is 2.97. The van der Waals surface area contributed by atoms with Crippen molar-refractivity contribution in [2.45, 2.75) is 20.8 Å². The van der Waals surface area contributed by atoms with E-state index in [0.29, 0.717) is 0 Å². The van der Waals surface area contributed by atoms with Crippen molar-refractivity contribution >= 4 is 10.2 Å². The molecule has 0 radical (unpaired) electrons. The lowest BCUT2D eigenvalue weighted by Crippen LogP contribution is -1.87. The van der Waals surface area contributed by atoms with E-state index >= 15 is 0 Å². The third kappa shape index (κ3) is 1.01. The van der Waals surface area contributed by atoms with E-state index in [1.165, 1.54) is 15.8 Å². The molecule has 0 saturated heterocycles. The van der Waals surface area contributed by atoms with Gasteiger partial charge in [-0.15, -0.1) is 0 Å². The summed E-state index contributed by atoms with van der Waals surface area (Å²) in [6, 6.07) is 0. The van der Waals surface area contributed by atoms with Crippen LogP contribution in [0.2, 0.25) is 0 Å². The first-order valence-corrected chi connectivity index (χ1v) is 4.49. The average Bonchev–Trinajstić information content (AvgIpc) is 1.98. The third-order valence-electron chi connectivity index (χ3n) is 2.37. The zero-order chi connectivity index (χ0) is 7.02. The van der Waals surface area contributed by atoms with Gasteiger partial charge in [-0.25, -0.2) is 0 Å². The fraction of sp³-hybridized carbons (Fsp3) is 0.500. The Morgan fingerprint density at radius 3 is 2.11 bits per heavy atom. The van der Waals surface area contributed by atoms with Gasteiger partial charge in [-0.2, -0.15) is 0 Å². The Labute approximate surface area is 60.1 Å². The van der Waals surface area contributed by atoms with Gasteiger partial charge in [0.15, 0.2) is 0 Å². The van der Waals surface area contributed by atoms with Crippen molar-refractivity contribution < 1.29 is 0 Å². The summed E-state index contributed by atoms with van der Waals surface area (Å²) in [4.78, 5) is 0. The van der Waals surface area contributed by atoms with E-state index in [4.69, 9.17) is 0 Å². The van der Waals surface area contributed by atoms with E-state index in [1.54, 1.807) is 10.8 Å². The predicted octanol–water partition coefficient (Wildman–Crippen LogP) is 1.22. The molecule has 0 bridgehead atoms. The van der Waals surface area contributed by atoms with E-state index in [1.807, 2.05) is 0 Å². The summed E-state index contributed by atoms with van der Waals surface area (Å²) in [6.07, 6.45) is 2.36. The monoisotopic (exact) mass is 138 g/mol. The lowest BCUT2D eigenvalue weighted by Gasteiger charge is -2.00. The molecule has 0 N–H and O–H groups in total. The first-order chi connectivity index (χ1) is 4.13. The highest BCUT2D eigenvalue weighted by Crippen LogP contribution is 2.27. The van der Waals surface area contributed by atoms with Crippen molar-refractivity contribution in [1.29, 1.82) is 0 Å². The lowest BCUT2D eigenvalue weighted by atomic mass is 10.1. The standard InChI is InChI=1S/C8H14Si/c1-5-4-6(2)8(9)7(5)3/h4-5H,1-3,9H3. The molecule has 0 aliphatic heterocycles. The van der Waals surface area contributed by atoms with Crippen LogP contribution in [-0.2, 0) is 0 Å². The van der Waals surface area contributed by atoms with E-state index in [2.05, 4.69) is 26.8 Å². The Bertz CT molecular complexity index is 187. The second-order valence-corrected chi connectivity index (χ2v) is 3.95. The molecule has 0 aromatic rings. The molecular weight excluding hydrogens is 124 g/mol. The summed E-state index contributed by atoms with van der Waals surface area (Å²) in [5, 5.41) is 1.63. The molecule has 1 atom stereocenters. The van der Waals surface area contributed by atoms with Crippen molar-refractivity contribution in [2.24, 2.45) is 5.92 Å². The van der Waals surface area contributed by atoms with Crippen LogP contribution in [0.25, 0.3) is 0 Å². The normalized spacial score (nSPS) is 27.4.